The van der Waals surface area contributed by atoms with Crippen LogP contribution < -0.4 is 10.3 Å². The Morgan fingerprint density at radius 3 is 1.52 bits per heavy atom. The quantitative estimate of drug-likeness (QED) is 0.321. The van der Waals surface area contributed by atoms with Crippen molar-refractivity contribution in [2.24, 2.45) is 10.3 Å². The van der Waals surface area contributed by atoms with E-state index in [2.05, 4.69) is 0 Å². The third-order valence-corrected chi connectivity index (χ3v) is 10.3. The average molecular weight is 755 g/mol. The number of benzene rings is 2. The molecule has 2 unspecified atom stereocenters. The lowest BCUT2D eigenvalue weighted by atomic mass is 9.92. The minimum Gasteiger partial charge on any atom is -0.478 e. The smallest absolute Gasteiger partial charge is 0.238 e. The van der Waals surface area contributed by atoms with E-state index < -0.39 is 31.2 Å². The summed E-state index contributed by atoms with van der Waals surface area (Å²) >= 11 is 1.96. The van der Waals surface area contributed by atoms with Crippen molar-refractivity contribution in [1.29, 1.82) is 0 Å². The number of halogens is 1. The predicted octanol–water partition coefficient (Wildman–Crippen LogP) is 4.77. The molecule has 2 aliphatic heterocycles. The predicted molar refractivity (Wildman–Crippen MR) is 172 cm³/mol. The van der Waals surface area contributed by atoms with Gasteiger partial charge in [-0.3, -0.25) is 9.59 Å². The van der Waals surface area contributed by atoms with Crippen LogP contribution in [0.4, 0.5) is 0 Å². The molecule has 2 atom stereocenters. The molecule has 44 heavy (non-hydrogen) atoms. The standard InChI is InChI=1S/C17H17NO5S.C13H14INO4S/c1-3-17(2)16(19)14(13-5-4-10-22-13)15(23-17)11-6-8-12(9-7-11)24(18,20)21;1-3-13(2)12(16)10(14)11(19-13)8-4-6-9(7-5-8)20(15,17)18/h4-10H,3H2,1-2H3,(H2,18,20,21);4-7H,3H2,1-2H3,(H2,15,17,18). The van der Waals surface area contributed by atoms with E-state index in [4.69, 9.17) is 24.2 Å². The van der Waals surface area contributed by atoms with E-state index in [0.29, 0.717) is 50.4 Å². The van der Waals surface area contributed by atoms with Gasteiger partial charge < -0.3 is 13.9 Å². The summed E-state index contributed by atoms with van der Waals surface area (Å²) < 4.78 is 62.8. The van der Waals surface area contributed by atoms with Crippen molar-refractivity contribution >= 4 is 71.3 Å². The number of sulfonamides is 2. The van der Waals surface area contributed by atoms with Gasteiger partial charge in [-0.1, -0.05) is 13.8 Å². The third-order valence-electron chi connectivity index (χ3n) is 7.48. The van der Waals surface area contributed by atoms with Crippen molar-refractivity contribution in [3.05, 3.63) is 87.4 Å². The van der Waals surface area contributed by atoms with Crippen LogP contribution in [0.25, 0.3) is 17.1 Å². The van der Waals surface area contributed by atoms with Crippen molar-refractivity contribution in [2.75, 3.05) is 0 Å². The van der Waals surface area contributed by atoms with Gasteiger partial charge in [0.05, 0.1) is 16.1 Å². The summed E-state index contributed by atoms with van der Waals surface area (Å²) in [5, 5.41) is 10.2. The van der Waals surface area contributed by atoms with Gasteiger partial charge in [0.15, 0.2) is 11.2 Å². The van der Waals surface area contributed by atoms with Crippen molar-refractivity contribution in [3.8, 4) is 0 Å². The Labute approximate surface area is 269 Å². The molecule has 0 aliphatic carbocycles. The molecule has 2 aromatic carbocycles. The zero-order valence-corrected chi connectivity index (χ0v) is 28.1. The minimum absolute atomic E-state index is 0.00558. The first-order valence-electron chi connectivity index (χ1n) is 13.4. The van der Waals surface area contributed by atoms with Crippen LogP contribution in [0.2, 0.25) is 0 Å². The lowest BCUT2D eigenvalue weighted by molar-refractivity contribution is -0.127. The molecule has 0 saturated heterocycles. The molecule has 3 heterocycles. The van der Waals surface area contributed by atoms with Gasteiger partial charge in [0.1, 0.15) is 26.4 Å². The van der Waals surface area contributed by atoms with E-state index in [-0.39, 0.29) is 21.4 Å². The molecule has 0 bridgehead atoms. The summed E-state index contributed by atoms with van der Waals surface area (Å²) in [6.07, 6.45) is 2.55. The van der Waals surface area contributed by atoms with Gasteiger partial charge in [-0.2, -0.15) is 0 Å². The number of furan rings is 1. The second kappa shape index (κ2) is 12.2. The van der Waals surface area contributed by atoms with Crippen molar-refractivity contribution in [1.82, 2.24) is 0 Å². The van der Waals surface area contributed by atoms with E-state index in [9.17, 15) is 26.4 Å². The molecule has 234 valence electrons. The second-order valence-corrected chi connectivity index (χ2v) is 14.7. The van der Waals surface area contributed by atoms with E-state index in [1.165, 1.54) is 30.5 Å². The lowest BCUT2D eigenvalue weighted by Crippen LogP contribution is -2.32. The highest BCUT2D eigenvalue weighted by Gasteiger charge is 2.46. The van der Waals surface area contributed by atoms with E-state index in [0.717, 1.165) is 0 Å². The number of ether oxygens (including phenoxy) is 2. The Morgan fingerprint density at radius 2 is 1.14 bits per heavy atom. The largest absolute Gasteiger partial charge is 0.478 e. The highest BCUT2D eigenvalue weighted by Crippen LogP contribution is 2.43. The zero-order chi connectivity index (χ0) is 32.7. The highest BCUT2D eigenvalue weighted by atomic mass is 127. The first kappa shape index (κ1) is 33.6. The van der Waals surface area contributed by atoms with Crippen LogP contribution in [0, 0.1) is 0 Å². The Hall–Kier alpha value is -3.31. The molecular weight excluding hydrogens is 723 g/mol. The monoisotopic (exact) mass is 754 g/mol. The lowest BCUT2D eigenvalue weighted by Gasteiger charge is -2.21. The van der Waals surface area contributed by atoms with Gasteiger partial charge in [-0.15, -0.1) is 0 Å². The maximum atomic E-state index is 12.8. The number of rotatable bonds is 7. The molecule has 0 fully saturated rings. The number of nitrogens with two attached hydrogens (primary N) is 2. The molecule has 11 nitrogen and oxygen atoms in total. The molecule has 0 saturated carbocycles. The summed E-state index contributed by atoms with van der Waals surface area (Å²) in [6, 6.07) is 15.2. The van der Waals surface area contributed by atoms with Crippen LogP contribution in [0.1, 0.15) is 57.4 Å². The summed E-state index contributed by atoms with van der Waals surface area (Å²) in [6.45, 7) is 7.23. The Morgan fingerprint density at radius 1 is 0.705 bits per heavy atom. The molecule has 4 N–H and O–H groups in total. The summed E-state index contributed by atoms with van der Waals surface area (Å²) in [7, 11) is -7.50. The van der Waals surface area contributed by atoms with Crippen molar-refractivity contribution in [3.63, 3.8) is 0 Å². The fourth-order valence-corrected chi connectivity index (χ4v) is 6.46. The van der Waals surface area contributed by atoms with Gasteiger partial charge in [0, 0.05) is 11.1 Å². The normalized spacial score (nSPS) is 22.1. The summed E-state index contributed by atoms with van der Waals surface area (Å²) in [5.41, 5.74) is -0.222. The summed E-state index contributed by atoms with van der Waals surface area (Å²) in [4.78, 5) is 25.0. The van der Waals surface area contributed by atoms with Crippen LogP contribution in [-0.4, -0.2) is 39.6 Å². The van der Waals surface area contributed by atoms with Crippen LogP contribution in [0.5, 0.6) is 0 Å². The fraction of sp³-hybridized carbons (Fsp3) is 0.267. The minimum atomic E-state index is -3.78. The van der Waals surface area contributed by atoms with Crippen LogP contribution >= 0.6 is 22.6 Å². The van der Waals surface area contributed by atoms with Crippen molar-refractivity contribution in [2.45, 2.75) is 61.5 Å². The number of primary sulfonamides is 2. The Bertz CT molecular complexity index is 1880. The SMILES string of the molecule is CCC1(C)OC(c2ccc(S(N)(=O)=O)cc2)=C(I)C1=O.CCC1(C)OC(c2ccc(S(N)(=O)=O)cc2)=C(c2ccco2)C1=O. The molecular formula is C30H31IN2O9S2. The van der Waals surface area contributed by atoms with E-state index in [1.807, 2.05) is 36.4 Å². The molecule has 0 amide bonds. The van der Waals surface area contributed by atoms with Crippen molar-refractivity contribution < 1.29 is 40.3 Å². The maximum absolute atomic E-state index is 12.8. The van der Waals surface area contributed by atoms with E-state index >= 15 is 0 Å². The van der Waals surface area contributed by atoms with Gasteiger partial charge in [0.25, 0.3) is 0 Å². The molecule has 14 heteroatoms. The third kappa shape index (κ3) is 6.54. The zero-order valence-electron chi connectivity index (χ0n) is 24.3. The number of hydrogen-bond donors (Lipinski definition) is 2. The van der Waals surface area contributed by atoms with Crippen LogP contribution in [-0.2, 0) is 39.1 Å². The van der Waals surface area contributed by atoms with Gasteiger partial charge in [-0.25, -0.2) is 27.1 Å². The van der Waals surface area contributed by atoms with Crippen LogP contribution in [0.15, 0.2) is 84.7 Å². The molecule has 0 spiro atoms. The molecule has 0 radical (unpaired) electrons. The Balaban J connectivity index is 0.000000204. The molecule has 1 aromatic heterocycles. The average Bonchev–Trinajstić information content (AvgIpc) is 3.66. The number of ketones is 2. The van der Waals surface area contributed by atoms with Gasteiger partial charge in [0.2, 0.25) is 31.6 Å². The number of carbonyl (C=O) groups is 2. The highest BCUT2D eigenvalue weighted by molar-refractivity contribution is 14.1. The first-order chi connectivity index (χ1) is 20.4. The Kier molecular flexibility index (Phi) is 9.34. The molecule has 5 rings (SSSR count). The van der Waals surface area contributed by atoms with E-state index in [1.54, 1.807) is 50.2 Å². The second-order valence-electron chi connectivity index (χ2n) is 10.5. The molecule has 2 aliphatic rings. The van der Waals surface area contributed by atoms with Gasteiger partial charge >= 0.3 is 0 Å². The van der Waals surface area contributed by atoms with Gasteiger partial charge in [-0.05, 0) is 110 Å². The van der Waals surface area contributed by atoms with Crippen LogP contribution in [0.3, 0.4) is 0 Å². The maximum Gasteiger partial charge on any atom is 0.238 e. The molecule has 3 aromatic rings. The number of hydrogen-bond acceptors (Lipinski definition) is 9. The first-order valence-corrected chi connectivity index (χ1v) is 17.5. The topological polar surface area (TPSA) is 186 Å². The number of Topliss-reactive ketones (excluding diaryl/α,β-unsaturated/α-hetero) is 2. The fourth-order valence-electron chi connectivity index (χ4n) is 4.43. The summed E-state index contributed by atoms with van der Waals surface area (Å²) in [5.74, 6) is 1.07. The number of carbonyl (C=O) groups excluding carboxylic acids is 2.